The second-order valence-corrected chi connectivity index (χ2v) is 7.03. The molecule has 0 amide bonds. The molecule has 1 heterocycles. The number of rotatable bonds is 0. The molecule has 0 saturated heterocycles. The monoisotopic (exact) mass is 301 g/mol. The maximum Gasteiger partial charge on any atom is 0.0433 e. The Hall–Kier alpha value is -2.16. The molecule has 2 N–H and O–H groups in total. The summed E-state index contributed by atoms with van der Waals surface area (Å²) < 4.78 is 2.70. The second-order valence-electron chi connectivity index (χ2n) is 5.97. The first-order valence-electron chi connectivity index (χ1n) is 7.60. The van der Waals surface area contributed by atoms with E-state index in [-0.39, 0.29) is 6.04 Å². The van der Waals surface area contributed by atoms with Gasteiger partial charge in [-0.05, 0) is 22.4 Å². The number of thiophene rings is 1. The molecule has 0 radical (unpaired) electrons. The highest BCUT2D eigenvalue weighted by Gasteiger charge is 2.24. The zero-order chi connectivity index (χ0) is 14.7. The normalized spacial score (nSPS) is 22.7. The van der Waals surface area contributed by atoms with Crippen LogP contribution in [0.3, 0.4) is 0 Å². The lowest BCUT2D eigenvalue weighted by Gasteiger charge is -2.24. The molecule has 2 heteroatoms. The van der Waals surface area contributed by atoms with E-state index >= 15 is 0 Å². The molecular weight excluding hydrogens is 286 g/mol. The van der Waals surface area contributed by atoms with Gasteiger partial charge in [0.15, 0.2) is 0 Å². The molecule has 3 aromatic rings. The third-order valence-corrected chi connectivity index (χ3v) is 5.92. The SMILES string of the molecule is NC1C=c2sc3c(ccc4ccccc43)c2=C2C=CC=CC21. The Morgan fingerprint density at radius 1 is 0.955 bits per heavy atom. The van der Waals surface area contributed by atoms with Crippen LogP contribution in [0.1, 0.15) is 0 Å². The molecular formula is C20H15NS. The first-order chi connectivity index (χ1) is 10.8. The van der Waals surface area contributed by atoms with Gasteiger partial charge in [-0.2, -0.15) is 0 Å². The quantitative estimate of drug-likeness (QED) is 0.678. The Morgan fingerprint density at radius 3 is 2.82 bits per heavy atom. The van der Waals surface area contributed by atoms with Crippen molar-refractivity contribution in [2.45, 2.75) is 6.04 Å². The molecule has 5 rings (SSSR count). The summed E-state index contributed by atoms with van der Waals surface area (Å²) in [4.78, 5) is 0. The lowest BCUT2D eigenvalue weighted by molar-refractivity contribution is 0.728. The van der Waals surface area contributed by atoms with E-state index in [1.807, 2.05) is 11.3 Å². The second kappa shape index (κ2) is 4.42. The fraction of sp³-hybridized carbons (Fsp3) is 0.100. The van der Waals surface area contributed by atoms with Gasteiger partial charge in [-0.25, -0.2) is 0 Å². The molecule has 0 spiro atoms. The zero-order valence-corrected chi connectivity index (χ0v) is 12.8. The Kier molecular flexibility index (Phi) is 2.49. The van der Waals surface area contributed by atoms with Crippen molar-refractivity contribution >= 4 is 43.8 Å². The molecule has 2 aliphatic carbocycles. The molecule has 22 heavy (non-hydrogen) atoms. The van der Waals surface area contributed by atoms with Crippen LogP contribution >= 0.6 is 11.3 Å². The van der Waals surface area contributed by atoms with E-state index in [1.54, 1.807) is 0 Å². The fourth-order valence-corrected chi connectivity index (χ4v) is 5.03. The summed E-state index contributed by atoms with van der Waals surface area (Å²) in [6.07, 6.45) is 10.9. The van der Waals surface area contributed by atoms with Crippen molar-refractivity contribution in [3.8, 4) is 0 Å². The summed E-state index contributed by atoms with van der Waals surface area (Å²) in [6, 6.07) is 13.2. The van der Waals surface area contributed by atoms with Gasteiger partial charge in [-0.3, -0.25) is 0 Å². The summed E-state index contributed by atoms with van der Waals surface area (Å²) in [5.41, 5.74) is 7.75. The van der Waals surface area contributed by atoms with Crippen LogP contribution < -0.4 is 15.5 Å². The molecule has 1 aromatic heterocycles. The third-order valence-electron chi connectivity index (χ3n) is 4.72. The number of allylic oxidation sites excluding steroid dienone is 3. The van der Waals surface area contributed by atoms with E-state index in [0.717, 1.165) is 0 Å². The minimum Gasteiger partial charge on any atom is -0.324 e. The van der Waals surface area contributed by atoms with Crippen LogP contribution in [-0.2, 0) is 0 Å². The maximum atomic E-state index is 6.38. The highest BCUT2D eigenvalue weighted by Crippen LogP contribution is 2.30. The molecule has 0 bridgehead atoms. The van der Waals surface area contributed by atoms with Gasteiger partial charge in [0.1, 0.15) is 0 Å². The molecule has 1 nitrogen and oxygen atoms in total. The van der Waals surface area contributed by atoms with Crippen molar-refractivity contribution < 1.29 is 0 Å². The van der Waals surface area contributed by atoms with Gasteiger partial charge in [0.05, 0.1) is 0 Å². The standard InChI is InChI=1S/C20H15NS/c21-17-11-18-19(15-8-4-3-7-14(15)17)16-10-9-12-5-1-2-6-13(12)20(16)22-18/h1-11,14,17H,21H2. The average Bonchev–Trinajstić information content (AvgIpc) is 2.94. The van der Waals surface area contributed by atoms with Crippen LogP contribution in [-0.4, -0.2) is 6.04 Å². The van der Waals surface area contributed by atoms with Crippen molar-refractivity contribution in [3.63, 3.8) is 0 Å². The molecule has 106 valence electrons. The van der Waals surface area contributed by atoms with Gasteiger partial charge in [0.2, 0.25) is 0 Å². The maximum absolute atomic E-state index is 6.38. The van der Waals surface area contributed by atoms with E-state index in [0.29, 0.717) is 5.92 Å². The Balaban J connectivity index is 2.03. The van der Waals surface area contributed by atoms with E-state index < -0.39 is 0 Å². The van der Waals surface area contributed by atoms with Crippen LogP contribution in [0.4, 0.5) is 0 Å². The number of hydrogen-bond acceptors (Lipinski definition) is 2. The number of hydrogen-bond donors (Lipinski definition) is 1. The van der Waals surface area contributed by atoms with Crippen LogP contribution in [0.15, 0.2) is 60.7 Å². The highest BCUT2D eigenvalue weighted by molar-refractivity contribution is 7.18. The Labute approximate surface area is 132 Å². The smallest absolute Gasteiger partial charge is 0.0433 e. The van der Waals surface area contributed by atoms with Crippen molar-refractivity contribution in [1.29, 1.82) is 0 Å². The van der Waals surface area contributed by atoms with Crippen LogP contribution in [0.25, 0.3) is 32.5 Å². The lowest BCUT2D eigenvalue weighted by Crippen LogP contribution is -2.40. The topological polar surface area (TPSA) is 26.0 Å². The minimum absolute atomic E-state index is 0.0722. The van der Waals surface area contributed by atoms with Gasteiger partial charge >= 0.3 is 0 Å². The van der Waals surface area contributed by atoms with Gasteiger partial charge in [0, 0.05) is 31.8 Å². The van der Waals surface area contributed by atoms with Crippen molar-refractivity contribution in [3.05, 3.63) is 70.5 Å². The highest BCUT2D eigenvalue weighted by atomic mass is 32.1. The fourth-order valence-electron chi connectivity index (χ4n) is 3.68. The van der Waals surface area contributed by atoms with Crippen molar-refractivity contribution in [2.24, 2.45) is 11.7 Å². The number of benzene rings is 2. The van der Waals surface area contributed by atoms with Gasteiger partial charge in [-0.15, -0.1) is 11.3 Å². The first-order valence-corrected chi connectivity index (χ1v) is 8.41. The van der Waals surface area contributed by atoms with E-state index in [2.05, 4.69) is 66.8 Å². The molecule has 2 unspecified atom stereocenters. The van der Waals surface area contributed by atoms with Crippen LogP contribution in [0, 0.1) is 5.92 Å². The summed E-state index contributed by atoms with van der Waals surface area (Å²) in [7, 11) is 0. The predicted molar refractivity (Wildman–Crippen MR) is 96.2 cm³/mol. The van der Waals surface area contributed by atoms with E-state index in [9.17, 15) is 0 Å². The molecule has 0 aliphatic heterocycles. The summed E-state index contributed by atoms with van der Waals surface area (Å²) in [5.74, 6) is 0.307. The zero-order valence-electron chi connectivity index (χ0n) is 12.0. The Morgan fingerprint density at radius 2 is 1.86 bits per heavy atom. The lowest BCUT2D eigenvalue weighted by atomic mass is 9.84. The van der Waals surface area contributed by atoms with Crippen molar-refractivity contribution in [2.75, 3.05) is 0 Å². The summed E-state index contributed by atoms with van der Waals surface area (Å²) in [5, 5.41) is 5.40. The molecule has 0 fully saturated rings. The van der Waals surface area contributed by atoms with Gasteiger partial charge in [-0.1, -0.05) is 60.7 Å². The van der Waals surface area contributed by atoms with Gasteiger partial charge < -0.3 is 5.73 Å². The molecule has 2 atom stereocenters. The molecule has 2 aliphatic rings. The average molecular weight is 301 g/mol. The predicted octanol–water partition coefficient (Wildman–Crippen LogP) is 3.07. The number of nitrogens with two attached hydrogens (primary N) is 1. The van der Waals surface area contributed by atoms with Crippen molar-refractivity contribution in [1.82, 2.24) is 0 Å². The number of fused-ring (bicyclic) bond motifs is 6. The van der Waals surface area contributed by atoms with E-state index in [1.165, 1.54) is 36.2 Å². The Bertz CT molecular complexity index is 1100. The minimum atomic E-state index is 0.0722. The summed E-state index contributed by atoms with van der Waals surface area (Å²) >= 11 is 1.87. The van der Waals surface area contributed by atoms with Crippen LogP contribution in [0.2, 0.25) is 0 Å². The summed E-state index contributed by atoms with van der Waals surface area (Å²) in [6.45, 7) is 0. The van der Waals surface area contributed by atoms with Gasteiger partial charge in [0.25, 0.3) is 0 Å². The molecule has 2 aromatic carbocycles. The van der Waals surface area contributed by atoms with E-state index in [4.69, 9.17) is 5.73 Å². The molecule has 0 saturated carbocycles. The third kappa shape index (κ3) is 1.57. The van der Waals surface area contributed by atoms with Crippen LogP contribution in [0.5, 0.6) is 0 Å². The largest absolute Gasteiger partial charge is 0.324 e. The first kappa shape index (κ1) is 12.4.